The van der Waals surface area contributed by atoms with E-state index in [9.17, 15) is 20.1 Å². The van der Waals surface area contributed by atoms with Gasteiger partial charge in [-0.15, -0.1) is 0 Å². The smallest absolute Gasteiger partial charge is 0.159 e. The van der Waals surface area contributed by atoms with Gasteiger partial charge in [0.25, 0.3) is 0 Å². The second-order valence-corrected chi connectivity index (χ2v) is 13.5. The maximum Gasteiger partial charge on any atom is 0.159 e. The molecule has 0 bridgehead atoms. The molecule has 0 aromatic carbocycles. The zero-order chi connectivity index (χ0) is 25.1. The molecule has 4 aliphatic carbocycles. The van der Waals surface area contributed by atoms with Crippen molar-refractivity contribution in [3.05, 3.63) is 22.8 Å². The fraction of sp³-hybridized carbons (Fsp3) is 0.833. The van der Waals surface area contributed by atoms with Crippen molar-refractivity contribution in [2.75, 3.05) is 13.2 Å². The predicted molar refractivity (Wildman–Crippen MR) is 136 cm³/mol. The topological polar surface area (TPSA) is 77.8 Å². The second kappa shape index (κ2) is 8.85. The zero-order valence-corrected chi connectivity index (χ0v) is 22.4. The van der Waals surface area contributed by atoms with Gasteiger partial charge < -0.3 is 15.3 Å². The van der Waals surface area contributed by atoms with E-state index in [4.69, 9.17) is 0 Å². The Balaban J connectivity index is 1.65. The minimum atomic E-state index is -0.326. The number of rotatable bonds is 6. The lowest BCUT2D eigenvalue weighted by Crippen LogP contribution is -2.57. The molecule has 0 unspecified atom stereocenters. The van der Waals surface area contributed by atoms with Crippen molar-refractivity contribution in [2.45, 2.75) is 105 Å². The first-order chi connectivity index (χ1) is 15.9. The van der Waals surface area contributed by atoms with E-state index in [2.05, 4.69) is 41.5 Å². The molecule has 0 radical (unpaired) electrons. The van der Waals surface area contributed by atoms with Gasteiger partial charge in [0, 0.05) is 17.4 Å². The molecular weight excluding hydrogens is 424 g/mol. The van der Waals surface area contributed by atoms with E-state index in [1.54, 1.807) is 0 Å². The lowest BCUT2D eigenvalue weighted by atomic mass is 9.43. The van der Waals surface area contributed by atoms with Crippen LogP contribution in [0.3, 0.4) is 0 Å². The Hall–Kier alpha value is -0.970. The van der Waals surface area contributed by atoms with Gasteiger partial charge in [0.15, 0.2) is 5.78 Å². The molecule has 2 saturated carbocycles. The number of ketones is 1. The molecule has 0 aromatic rings. The van der Waals surface area contributed by atoms with Crippen LogP contribution in [0.15, 0.2) is 22.8 Å². The molecule has 0 spiro atoms. The molecule has 192 valence electrons. The van der Waals surface area contributed by atoms with Crippen molar-refractivity contribution >= 4 is 5.78 Å². The summed E-state index contributed by atoms with van der Waals surface area (Å²) in [6.07, 6.45) is 10.4. The first-order valence-electron chi connectivity index (χ1n) is 13.7. The first kappa shape index (κ1) is 26.1. The standard InChI is InChI=1S/C30H48O4/c1-19(8-7-9-20(17-31)18-32)21-10-15-30(6)26-22(11-14-29(21,30)5)28(4)13-12-25(34)27(2,3)24(28)16-23(26)33/h9,19,21,24-25,31-32,34H,7-8,10-18H2,1-6H3/t19-,21-,24-,25+,28-,29-,30+/m1/s1. The summed E-state index contributed by atoms with van der Waals surface area (Å²) in [4.78, 5) is 13.9. The lowest BCUT2D eigenvalue weighted by molar-refractivity contribution is -0.134. The highest BCUT2D eigenvalue weighted by Gasteiger charge is 2.65. The molecular formula is C30H48O4. The van der Waals surface area contributed by atoms with Crippen molar-refractivity contribution in [3.8, 4) is 0 Å². The largest absolute Gasteiger partial charge is 0.393 e. The van der Waals surface area contributed by atoms with Crippen LogP contribution in [-0.2, 0) is 4.79 Å². The van der Waals surface area contributed by atoms with Crippen LogP contribution in [0.25, 0.3) is 0 Å². The number of carbonyl (C=O) groups is 1. The van der Waals surface area contributed by atoms with E-state index in [1.165, 1.54) is 17.6 Å². The molecule has 4 heteroatoms. The van der Waals surface area contributed by atoms with E-state index in [-0.39, 0.29) is 46.9 Å². The summed E-state index contributed by atoms with van der Waals surface area (Å²) in [7, 11) is 0. The molecule has 0 heterocycles. The first-order valence-corrected chi connectivity index (χ1v) is 13.7. The molecule has 7 atom stereocenters. The number of aliphatic hydroxyl groups is 3. The highest BCUT2D eigenvalue weighted by atomic mass is 16.3. The van der Waals surface area contributed by atoms with Crippen molar-refractivity contribution < 1.29 is 20.1 Å². The Morgan fingerprint density at radius 2 is 1.74 bits per heavy atom. The monoisotopic (exact) mass is 472 g/mol. The van der Waals surface area contributed by atoms with E-state index >= 15 is 0 Å². The highest BCUT2D eigenvalue weighted by molar-refractivity contribution is 5.99. The normalized spacial score (nSPS) is 42.0. The molecule has 3 N–H and O–H groups in total. The van der Waals surface area contributed by atoms with Crippen molar-refractivity contribution in [1.29, 1.82) is 0 Å². The number of hydrogen-bond donors (Lipinski definition) is 3. The number of fused-ring (bicyclic) bond motifs is 4. The number of allylic oxidation sites excluding steroid dienone is 3. The van der Waals surface area contributed by atoms with E-state index in [0.29, 0.717) is 29.6 Å². The number of hydrogen-bond acceptors (Lipinski definition) is 4. The Morgan fingerprint density at radius 1 is 1.06 bits per heavy atom. The van der Waals surface area contributed by atoms with Crippen LogP contribution in [0.1, 0.15) is 99.3 Å². The molecule has 0 aliphatic heterocycles. The Bertz CT molecular complexity index is 878. The second-order valence-electron chi connectivity index (χ2n) is 13.5. The fourth-order valence-electron chi connectivity index (χ4n) is 9.24. The average molecular weight is 473 g/mol. The maximum atomic E-state index is 13.9. The van der Waals surface area contributed by atoms with Gasteiger partial charge >= 0.3 is 0 Å². The van der Waals surface area contributed by atoms with Gasteiger partial charge in [-0.2, -0.15) is 0 Å². The Kier molecular flexibility index (Phi) is 6.80. The summed E-state index contributed by atoms with van der Waals surface area (Å²) in [5.74, 6) is 1.70. The van der Waals surface area contributed by atoms with Crippen LogP contribution in [0.4, 0.5) is 0 Å². The molecule has 4 rings (SSSR count). The van der Waals surface area contributed by atoms with Crippen molar-refractivity contribution in [1.82, 2.24) is 0 Å². The van der Waals surface area contributed by atoms with Gasteiger partial charge in [0.05, 0.1) is 19.3 Å². The van der Waals surface area contributed by atoms with Gasteiger partial charge in [-0.1, -0.05) is 53.2 Å². The van der Waals surface area contributed by atoms with Crippen LogP contribution in [0.2, 0.25) is 0 Å². The zero-order valence-electron chi connectivity index (χ0n) is 22.4. The van der Waals surface area contributed by atoms with Crippen LogP contribution >= 0.6 is 0 Å². The maximum absolute atomic E-state index is 13.9. The summed E-state index contributed by atoms with van der Waals surface area (Å²) in [5.41, 5.74) is 3.18. The van der Waals surface area contributed by atoms with E-state index in [1.807, 2.05) is 6.08 Å². The Labute approximate surface area is 206 Å². The number of carbonyl (C=O) groups excluding carboxylic acids is 1. The van der Waals surface area contributed by atoms with Crippen LogP contribution in [-0.4, -0.2) is 40.4 Å². The number of Topliss-reactive ketones (excluding diaryl/α,β-unsaturated/α-hetero) is 1. The van der Waals surface area contributed by atoms with Crippen LogP contribution in [0.5, 0.6) is 0 Å². The minimum Gasteiger partial charge on any atom is -0.393 e. The summed E-state index contributed by atoms with van der Waals surface area (Å²) in [6.45, 7) is 13.8. The summed E-state index contributed by atoms with van der Waals surface area (Å²) in [5, 5.41) is 29.5. The Morgan fingerprint density at radius 3 is 2.38 bits per heavy atom. The van der Waals surface area contributed by atoms with Crippen molar-refractivity contribution in [2.24, 2.45) is 39.4 Å². The van der Waals surface area contributed by atoms with Gasteiger partial charge in [-0.25, -0.2) is 0 Å². The highest BCUT2D eigenvalue weighted by Crippen LogP contribution is 2.71. The SMILES string of the molecule is C[C@H](CCC=C(CO)CO)[C@H]1CC[C@@]2(C)C3=C(CC[C@]12C)[C@@]1(C)CC[C@H](O)C(C)(C)[C@H]1CC3=O. The summed E-state index contributed by atoms with van der Waals surface area (Å²) < 4.78 is 0. The fourth-order valence-corrected chi connectivity index (χ4v) is 9.24. The van der Waals surface area contributed by atoms with Gasteiger partial charge in [-0.05, 0) is 90.9 Å². The quantitative estimate of drug-likeness (QED) is 0.440. The third-order valence-corrected chi connectivity index (χ3v) is 11.8. The molecule has 0 saturated heterocycles. The molecule has 0 amide bonds. The molecule has 0 aromatic heterocycles. The average Bonchev–Trinajstić information content (AvgIpc) is 3.07. The predicted octanol–water partition coefficient (Wildman–Crippen LogP) is 5.60. The minimum absolute atomic E-state index is 0.0236. The van der Waals surface area contributed by atoms with Crippen LogP contribution < -0.4 is 0 Å². The van der Waals surface area contributed by atoms with E-state index in [0.717, 1.165) is 44.9 Å². The molecule has 4 nitrogen and oxygen atoms in total. The third kappa shape index (κ3) is 3.61. The van der Waals surface area contributed by atoms with Crippen LogP contribution in [0, 0.1) is 39.4 Å². The van der Waals surface area contributed by atoms with Crippen molar-refractivity contribution in [3.63, 3.8) is 0 Å². The van der Waals surface area contributed by atoms with Gasteiger partial charge in [-0.3, -0.25) is 4.79 Å². The summed E-state index contributed by atoms with van der Waals surface area (Å²) >= 11 is 0. The molecule has 34 heavy (non-hydrogen) atoms. The summed E-state index contributed by atoms with van der Waals surface area (Å²) in [6, 6.07) is 0. The lowest BCUT2D eigenvalue weighted by Gasteiger charge is -2.61. The van der Waals surface area contributed by atoms with Gasteiger partial charge in [0.1, 0.15) is 0 Å². The molecule has 4 aliphatic rings. The van der Waals surface area contributed by atoms with Gasteiger partial charge in [0.2, 0.25) is 0 Å². The third-order valence-electron chi connectivity index (χ3n) is 11.8. The molecule has 2 fully saturated rings. The number of aliphatic hydroxyl groups excluding tert-OH is 3. The van der Waals surface area contributed by atoms with E-state index < -0.39 is 0 Å².